The number of carbonyl (C=O) groups excluding carboxylic acids is 1. The quantitative estimate of drug-likeness (QED) is 0.447. The Morgan fingerprint density at radius 2 is 1.86 bits per heavy atom. The molecule has 0 aromatic rings. The molecule has 0 atom stereocenters. The van der Waals surface area contributed by atoms with Crippen molar-refractivity contribution in [3.63, 3.8) is 0 Å². The van der Waals surface area contributed by atoms with Crippen LogP contribution in [0, 0.1) is 5.92 Å². The van der Waals surface area contributed by atoms with Crippen molar-refractivity contribution in [2.24, 2.45) is 5.92 Å². The molecule has 0 radical (unpaired) electrons. The van der Waals surface area contributed by atoms with Gasteiger partial charge in [-0.25, -0.2) is 0 Å². The van der Waals surface area contributed by atoms with Gasteiger partial charge in [-0.3, -0.25) is 9.59 Å². The number of carboxylic acid groups (broad SMARTS) is 1. The molecule has 0 rings (SSSR count). The Morgan fingerprint density at radius 1 is 1.43 bits per heavy atom. The van der Waals surface area contributed by atoms with Crippen LogP contribution in [-0.4, -0.2) is 72.6 Å². The molecule has 1 N–H and O–H groups in total. The second-order valence-electron chi connectivity index (χ2n) is 3.35. The molecule has 0 aromatic carbocycles. The Labute approximate surface area is 119 Å². The Kier molecular flexibility index (Phi) is 14.1. The summed E-state index contributed by atoms with van der Waals surface area (Å²) in [7, 11) is 0. The molecule has 78 valence electrons. The molecule has 0 heterocycles. The van der Waals surface area contributed by atoms with E-state index < -0.39 is 18.4 Å². The second-order valence-corrected chi connectivity index (χ2v) is 5.56. The third-order valence-corrected chi connectivity index (χ3v) is 0.873. The van der Waals surface area contributed by atoms with Crippen molar-refractivity contribution < 1.29 is 19.4 Å². The molecule has 0 unspecified atom stereocenters. The molecule has 0 saturated carbocycles. The topological polar surface area (TPSA) is 63.6 Å². The molecule has 0 bridgehead atoms. The maximum atomic E-state index is 10.6. The third-order valence-electron chi connectivity index (χ3n) is 0.873. The summed E-state index contributed by atoms with van der Waals surface area (Å²) in [4.78, 5) is 20.5. The van der Waals surface area contributed by atoms with Crippen molar-refractivity contribution >= 4 is 60.9 Å². The Bertz CT molecular complexity index is 168. The Morgan fingerprint density at radius 3 is 2.14 bits per heavy atom. The Balaban J connectivity index is 0. The fourth-order valence-electron chi connectivity index (χ4n) is 0.434. The SMILES string of the molecule is CC(C)COC(=O)CC(=O)O.C[CH2][K]. The van der Waals surface area contributed by atoms with E-state index in [0.29, 0.717) is 0 Å². The van der Waals surface area contributed by atoms with E-state index in [1.807, 2.05) is 13.8 Å². The summed E-state index contributed by atoms with van der Waals surface area (Å²) < 4.78 is 6.03. The average molecular weight is 228 g/mol. The van der Waals surface area contributed by atoms with Crippen LogP contribution in [0.1, 0.15) is 27.2 Å². The summed E-state index contributed by atoms with van der Waals surface area (Å²) in [6.07, 6.45) is -0.549. The minimum absolute atomic E-state index is 0.243. The average Bonchev–Trinajstić information content (AvgIpc) is 2.01. The number of hydrogen-bond donors (Lipinski definition) is 1. The van der Waals surface area contributed by atoms with Crippen molar-refractivity contribution in [2.75, 3.05) is 6.61 Å². The van der Waals surface area contributed by atoms with Gasteiger partial charge in [0, 0.05) is 0 Å². The normalized spacial score (nSPS) is 9.00. The number of esters is 1. The molecule has 0 fully saturated rings. The van der Waals surface area contributed by atoms with Gasteiger partial charge in [-0.15, -0.1) is 0 Å². The van der Waals surface area contributed by atoms with Crippen LogP contribution in [0.5, 0.6) is 0 Å². The van der Waals surface area contributed by atoms with E-state index in [-0.39, 0.29) is 12.5 Å². The van der Waals surface area contributed by atoms with Gasteiger partial charge in [0.2, 0.25) is 0 Å². The standard InChI is InChI=1S/C7H12O4.C2H5.K/c1-5(2)4-11-7(10)3-6(8)9;1-2;/h5H,3-4H2,1-2H3,(H,8,9);1H2,2H3;. The first-order chi connectivity index (χ1) is 6.43. The molecular formula is C9H17KO4. The zero-order valence-electron chi connectivity index (χ0n) is 9.37. The molecule has 0 aliphatic heterocycles. The summed E-state index contributed by atoms with van der Waals surface area (Å²) >= 11 is 1.10. The van der Waals surface area contributed by atoms with E-state index in [1.54, 1.807) is 0 Å². The van der Waals surface area contributed by atoms with Gasteiger partial charge in [-0.05, 0) is 5.92 Å². The molecule has 0 saturated heterocycles. The van der Waals surface area contributed by atoms with Crippen molar-refractivity contribution in [1.82, 2.24) is 0 Å². The van der Waals surface area contributed by atoms with Gasteiger partial charge in [0.1, 0.15) is 6.42 Å². The van der Waals surface area contributed by atoms with Crippen molar-refractivity contribution in [3.8, 4) is 0 Å². The van der Waals surface area contributed by atoms with Gasteiger partial charge in [0.05, 0.1) is 6.61 Å². The summed E-state index contributed by atoms with van der Waals surface area (Å²) in [6, 6.07) is 0. The van der Waals surface area contributed by atoms with E-state index in [4.69, 9.17) is 5.11 Å². The number of ether oxygens (including phenoxy) is 1. The summed E-state index contributed by atoms with van der Waals surface area (Å²) in [6.45, 7) is 6.26. The monoisotopic (exact) mass is 228 g/mol. The molecular weight excluding hydrogens is 211 g/mol. The van der Waals surface area contributed by atoms with Gasteiger partial charge in [-0.2, -0.15) is 0 Å². The van der Waals surface area contributed by atoms with Crippen molar-refractivity contribution in [2.45, 2.75) is 27.7 Å². The molecule has 0 aromatic heterocycles. The molecule has 0 aliphatic rings. The van der Waals surface area contributed by atoms with E-state index >= 15 is 0 Å². The van der Waals surface area contributed by atoms with Gasteiger partial charge < -0.3 is 9.84 Å². The van der Waals surface area contributed by atoms with Crippen LogP contribution < -0.4 is 0 Å². The van der Waals surface area contributed by atoms with Gasteiger partial charge in [-0.1, -0.05) is 13.8 Å². The first-order valence-corrected chi connectivity index (χ1v) is 7.02. The number of carboxylic acids is 1. The van der Waals surface area contributed by atoms with Crippen LogP contribution >= 0.6 is 0 Å². The number of hydrogen-bond acceptors (Lipinski definition) is 3. The molecule has 4 nitrogen and oxygen atoms in total. The minimum atomic E-state index is -1.15. The molecule has 5 heteroatoms. The number of carbonyl (C=O) groups is 2. The van der Waals surface area contributed by atoms with Crippen LogP contribution in [-0.2, 0) is 14.3 Å². The number of aliphatic carboxylic acids is 1. The molecule has 14 heavy (non-hydrogen) atoms. The van der Waals surface area contributed by atoms with Gasteiger partial charge in [0.25, 0.3) is 0 Å². The zero-order chi connectivity index (χ0) is 11.6. The van der Waals surface area contributed by atoms with E-state index in [1.165, 1.54) is 0.515 Å². The van der Waals surface area contributed by atoms with Crippen LogP contribution in [0.25, 0.3) is 0 Å². The predicted molar refractivity (Wildman–Crippen MR) is 54.3 cm³/mol. The van der Waals surface area contributed by atoms with Crippen LogP contribution in [0.2, 0.25) is 0.515 Å². The first kappa shape index (κ1) is 17.0. The molecule has 0 spiro atoms. The summed E-state index contributed by atoms with van der Waals surface area (Å²) in [5.41, 5.74) is 0. The summed E-state index contributed by atoms with van der Waals surface area (Å²) in [5, 5.41) is 8.15. The van der Waals surface area contributed by atoms with Crippen molar-refractivity contribution in [1.29, 1.82) is 0 Å². The molecule has 0 aliphatic carbocycles. The third kappa shape index (κ3) is 18.4. The van der Waals surface area contributed by atoms with Crippen LogP contribution in [0.3, 0.4) is 0 Å². The van der Waals surface area contributed by atoms with Crippen LogP contribution in [0.4, 0.5) is 0 Å². The summed E-state index contributed by atoms with van der Waals surface area (Å²) in [5.74, 6) is -1.59. The maximum absolute atomic E-state index is 10.6. The second kappa shape index (κ2) is 11.7. The van der Waals surface area contributed by atoms with Crippen molar-refractivity contribution in [3.05, 3.63) is 0 Å². The fourth-order valence-corrected chi connectivity index (χ4v) is 0.434. The van der Waals surface area contributed by atoms with E-state index in [2.05, 4.69) is 11.7 Å². The molecule has 0 amide bonds. The van der Waals surface area contributed by atoms with Gasteiger partial charge >= 0.3 is 68.3 Å². The predicted octanol–water partition coefficient (Wildman–Crippen LogP) is 1.25. The zero-order valence-corrected chi connectivity index (χ0v) is 12.5. The number of rotatable bonds is 4. The van der Waals surface area contributed by atoms with E-state index in [9.17, 15) is 9.59 Å². The Hall–Kier alpha value is 0.576. The van der Waals surface area contributed by atoms with Crippen LogP contribution in [0.15, 0.2) is 0 Å². The van der Waals surface area contributed by atoms with E-state index in [0.717, 1.165) is 49.0 Å². The van der Waals surface area contributed by atoms with Gasteiger partial charge in [0.15, 0.2) is 0 Å². The first-order valence-electron chi connectivity index (χ1n) is 4.81. The fraction of sp³-hybridized carbons (Fsp3) is 0.778.